The van der Waals surface area contributed by atoms with Crippen molar-refractivity contribution in [2.24, 2.45) is 17.5 Å². The van der Waals surface area contributed by atoms with Crippen LogP contribution < -0.4 is 23.0 Å². The molecule has 0 radical (unpaired) electrons. The normalized spacial score (nSPS) is 7.83. The lowest BCUT2D eigenvalue weighted by Gasteiger charge is -2.06. The minimum absolute atomic E-state index is 0. The summed E-state index contributed by atoms with van der Waals surface area (Å²) < 4.78 is 4.43. The van der Waals surface area contributed by atoms with E-state index in [1.807, 2.05) is 38.0 Å². The van der Waals surface area contributed by atoms with Gasteiger partial charge in [0.05, 0.1) is 13.5 Å². The fraction of sp³-hybridized carbons (Fsp3) is 0.833. The molecular weight excluding hydrogens is 344 g/mol. The first kappa shape index (κ1) is 38.5. The Balaban J connectivity index is -0.0000000521. The van der Waals surface area contributed by atoms with Crippen molar-refractivity contribution < 1.29 is 24.9 Å². The van der Waals surface area contributed by atoms with Crippen molar-refractivity contribution in [2.75, 3.05) is 55.5 Å². The van der Waals surface area contributed by atoms with Crippen molar-refractivity contribution in [1.82, 2.24) is 15.2 Å². The third kappa shape index (κ3) is 49.7. The van der Waals surface area contributed by atoms with Crippen LogP contribution in [0, 0.1) is 0 Å². The number of halogens is 1. The van der Waals surface area contributed by atoms with Crippen LogP contribution >= 0.6 is 12.4 Å². The molecule has 152 valence electrons. The molecule has 0 aromatic carbocycles. The minimum atomic E-state index is -0.149. The van der Waals surface area contributed by atoms with Crippen LogP contribution in [-0.2, 0) is 14.3 Å². The highest BCUT2D eigenvalue weighted by molar-refractivity contribution is 5.85. The molecule has 24 heavy (non-hydrogen) atoms. The number of hydrogen-bond donors (Lipinski definition) is 5. The van der Waals surface area contributed by atoms with Gasteiger partial charge in [-0.1, -0.05) is 0 Å². The molecule has 10 N–H and O–H groups in total. The highest BCUT2D eigenvalue weighted by Gasteiger charge is 1.98. The molecule has 1 amide bonds. The van der Waals surface area contributed by atoms with Gasteiger partial charge in [0.2, 0.25) is 5.91 Å². The summed E-state index contributed by atoms with van der Waals surface area (Å²) in [5.74, 6) is 12.6. The number of rotatable bonds is 6. The number of nitrogens with one attached hydrogen (secondary N) is 1. The van der Waals surface area contributed by atoms with Crippen molar-refractivity contribution in [3.05, 3.63) is 0 Å². The number of methoxy groups -OCH3 is 1. The van der Waals surface area contributed by atoms with Crippen molar-refractivity contribution in [3.8, 4) is 0 Å². The van der Waals surface area contributed by atoms with Gasteiger partial charge in [-0.2, -0.15) is 0 Å². The quantitative estimate of drug-likeness (QED) is 0.139. The van der Waals surface area contributed by atoms with Gasteiger partial charge >= 0.3 is 5.97 Å². The molecule has 0 aromatic heterocycles. The summed E-state index contributed by atoms with van der Waals surface area (Å²) in [7, 11) is 10.1. The first-order chi connectivity index (χ1) is 10.3. The molecule has 0 bridgehead atoms. The first-order valence-electron chi connectivity index (χ1n) is 6.47. The average molecular weight is 381 g/mol. The van der Waals surface area contributed by atoms with Crippen LogP contribution in [0.1, 0.15) is 12.8 Å². The van der Waals surface area contributed by atoms with Crippen LogP contribution in [0.3, 0.4) is 0 Å². The number of hydrazine groups is 2. The molecule has 0 spiro atoms. The van der Waals surface area contributed by atoms with Crippen molar-refractivity contribution >= 4 is 24.3 Å². The predicted octanol–water partition coefficient (Wildman–Crippen LogP) is -2.94. The first-order valence-corrected chi connectivity index (χ1v) is 6.47. The van der Waals surface area contributed by atoms with E-state index in [0.717, 1.165) is 20.2 Å². The molecule has 0 aliphatic carbocycles. The van der Waals surface area contributed by atoms with E-state index in [-0.39, 0.29) is 29.8 Å². The highest BCUT2D eigenvalue weighted by Crippen LogP contribution is 1.85. The van der Waals surface area contributed by atoms with Crippen LogP contribution in [0.2, 0.25) is 0 Å². The van der Waals surface area contributed by atoms with E-state index in [1.165, 1.54) is 7.11 Å². The Kier molecular flexibility index (Phi) is 53.8. The van der Waals surface area contributed by atoms with Gasteiger partial charge in [-0.05, 0) is 28.2 Å². The zero-order valence-electron chi connectivity index (χ0n) is 15.5. The fourth-order valence-corrected chi connectivity index (χ4v) is 0.814. The summed E-state index contributed by atoms with van der Waals surface area (Å²) in [6.07, 6.45) is 0.938. The summed E-state index contributed by atoms with van der Waals surface area (Å²) in [4.78, 5) is 24.8. The summed E-state index contributed by atoms with van der Waals surface area (Å²) in [5, 5.41) is 7.00. The molecule has 0 aromatic rings. The zero-order chi connectivity index (χ0) is 18.6. The molecule has 0 aliphatic rings. The number of amides is 1. The van der Waals surface area contributed by atoms with E-state index in [2.05, 4.69) is 21.8 Å². The second-order valence-corrected chi connectivity index (χ2v) is 4.25. The van der Waals surface area contributed by atoms with Gasteiger partial charge in [-0.25, -0.2) is 5.84 Å². The molecule has 11 nitrogen and oxygen atoms in total. The largest absolute Gasteiger partial charge is 0.469 e. The van der Waals surface area contributed by atoms with Gasteiger partial charge in [0.15, 0.2) is 0 Å². The van der Waals surface area contributed by atoms with Crippen molar-refractivity contribution in [3.63, 3.8) is 0 Å². The Bertz CT molecular complexity index is 224. The Hall–Kier alpha value is -1.05. The number of ether oxygens (including phenoxy) is 1. The maximum atomic E-state index is 10.5. The van der Waals surface area contributed by atoms with E-state index in [1.54, 1.807) is 0 Å². The molecule has 0 heterocycles. The number of aliphatic hydroxyl groups is 1. The molecule has 0 atom stereocenters. The second kappa shape index (κ2) is 33.5. The minimum Gasteiger partial charge on any atom is -0.469 e. The van der Waals surface area contributed by atoms with Crippen LogP contribution in [0.15, 0.2) is 0 Å². The van der Waals surface area contributed by atoms with Crippen LogP contribution in [0.4, 0.5) is 0 Å². The van der Waals surface area contributed by atoms with E-state index in [0.29, 0.717) is 12.8 Å². The summed E-state index contributed by atoms with van der Waals surface area (Å²) in [6, 6.07) is 0. The van der Waals surface area contributed by atoms with Gasteiger partial charge in [-0.3, -0.25) is 26.7 Å². The molecule has 0 saturated heterocycles. The SMILES string of the molecule is CN(C)CCC(=O)NN.CO.COC(=O)CCN(C)C.Cl.NN.O. The lowest BCUT2D eigenvalue weighted by Crippen LogP contribution is -2.32. The van der Waals surface area contributed by atoms with E-state index in [4.69, 9.17) is 10.9 Å². The molecule has 0 aliphatic heterocycles. The Labute approximate surface area is 151 Å². The van der Waals surface area contributed by atoms with Gasteiger partial charge in [-0.15, -0.1) is 12.4 Å². The maximum Gasteiger partial charge on any atom is 0.306 e. The molecule has 0 saturated carbocycles. The standard InChI is InChI=1S/C6H13NO2.C5H13N3O.CH4O.ClH.H4N2.H2O/c1-7(2)5-4-6(8)9-3;1-8(2)4-3-5(9)7-6;1-2;;1-2;/h4-5H2,1-3H3;3-4,6H2,1-2H3,(H,7,9);2H,1H3;1H;1-2H2;1H2. The van der Waals surface area contributed by atoms with Gasteiger partial charge < -0.3 is 25.1 Å². The number of esters is 1. The Morgan fingerprint density at radius 3 is 1.58 bits per heavy atom. The average Bonchev–Trinajstić information content (AvgIpc) is 2.54. The summed E-state index contributed by atoms with van der Waals surface area (Å²) in [6.45, 7) is 1.50. The Morgan fingerprint density at radius 1 is 1.00 bits per heavy atom. The van der Waals surface area contributed by atoms with Crippen molar-refractivity contribution in [1.29, 1.82) is 0 Å². The highest BCUT2D eigenvalue weighted by atomic mass is 35.5. The van der Waals surface area contributed by atoms with Gasteiger partial charge in [0, 0.05) is 26.6 Å². The maximum absolute atomic E-state index is 10.5. The van der Waals surface area contributed by atoms with Gasteiger partial charge in [0.1, 0.15) is 0 Å². The Morgan fingerprint density at radius 2 is 1.33 bits per heavy atom. The van der Waals surface area contributed by atoms with Gasteiger partial charge in [0.25, 0.3) is 0 Å². The number of carbonyl (C=O) groups excluding carboxylic acids is 2. The third-order valence-electron chi connectivity index (χ3n) is 1.94. The molecular formula is C12H37ClN6O5. The summed E-state index contributed by atoms with van der Waals surface area (Å²) in [5.41, 5.74) is 2.05. The van der Waals surface area contributed by atoms with Crippen LogP contribution in [0.5, 0.6) is 0 Å². The monoisotopic (exact) mass is 380 g/mol. The molecule has 0 rings (SSSR count). The number of nitrogens with zero attached hydrogens (tertiary/aromatic N) is 2. The predicted molar refractivity (Wildman–Crippen MR) is 98.1 cm³/mol. The number of aliphatic hydroxyl groups excluding tert-OH is 1. The van der Waals surface area contributed by atoms with Crippen LogP contribution in [-0.4, -0.2) is 87.8 Å². The fourth-order valence-electron chi connectivity index (χ4n) is 0.814. The zero-order valence-corrected chi connectivity index (χ0v) is 16.4. The molecule has 0 unspecified atom stereocenters. The van der Waals surface area contributed by atoms with E-state index >= 15 is 0 Å². The lowest BCUT2D eigenvalue weighted by molar-refractivity contribution is -0.140. The van der Waals surface area contributed by atoms with E-state index < -0.39 is 0 Å². The lowest BCUT2D eigenvalue weighted by atomic mass is 10.4. The number of hydrogen-bond acceptors (Lipinski definition) is 9. The molecule has 12 heteroatoms. The third-order valence-corrected chi connectivity index (χ3v) is 1.94. The second-order valence-electron chi connectivity index (χ2n) is 4.25. The molecule has 0 fully saturated rings. The number of nitrogens with two attached hydrogens (primary N) is 3. The topological polar surface area (TPSA) is 192 Å². The van der Waals surface area contributed by atoms with Crippen LogP contribution in [0.25, 0.3) is 0 Å². The number of carbonyl (C=O) groups is 2. The van der Waals surface area contributed by atoms with E-state index in [9.17, 15) is 9.59 Å². The smallest absolute Gasteiger partial charge is 0.306 e. The summed E-state index contributed by atoms with van der Waals surface area (Å²) >= 11 is 0. The van der Waals surface area contributed by atoms with Crippen molar-refractivity contribution in [2.45, 2.75) is 12.8 Å².